The van der Waals surface area contributed by atoms with Crippen molar-refractivity contribution in [3.8, 4) is 0 Å². The van der Waals surface area contributed by atoms with E-state index < -0.39 is 5.97 Å². The number of hydrogen-bond acceptors (Lipinski definition) is 3. The van der Waals surface area contributed by atoms with Crippen LogP contribution in [0.4, 0.5) is 0 Å². The lowest BCUT2D eigenvalue weighted by atomic mass is 9.82. The average molecular weight is 223 g/mol. The molecule has 4 heteroatoms. The van der Waals surface area contributed by atoms with Gasteiger partial charge in [0.2, 0.25) is 0 Å². The number of carboxylic acids is 1. The number of thiazole rings is 1. The Labute approximate surface area is 92.5 Å². The van der Waals surface area contributed by atoms with E-state index in [4.69, 9.17) is 5.11 Å². The van der Waals surface area contributed by atoms with E-state index in [0.29, 0.717) is 5.92 Å². The van der Waals surface area contributed by atoms with E-state index in [2.05, 4.69) is 11.9 Å². The largest absolute Gasteiger partial charge is 0.478 e. The molecule has 0 aromatic carbocycles. The highest BCUT2D eigenvalue weighted by Gasteiger charge is 2.23. The fourth-order valence-electron chi connectivity index (χ4n) is 1.70. The Bertz CT molecular complexity index is 405. The summed E-state index contributed by atoms with van der Waals surface area (Å²) in [5.74, 6) is -0.304. The Hall–Kier alpha value is -1.16. The van der Waals surface area contributed by atoms with Crippen molar-refractivity contribution in [1.29, 1.82) is 0 Å². The van der Waals surface area contributed by atoms with Gasteiger partial charge in [-0.15, -0.1) is 11.3 Å². The molecule has 0 amide bonds. The lowest BCUT2D eigenvalue weighted by Crippen LogP contribution is -2.10. The summed E-state index contributed by atoms with van der Waals surface area (Å²) in [6, 6.07) is 0. The summed E-state index contributed by atoms with van der Waals surface area (Å²) in [7, 11) is 0. The summed E-state index contributed by atoms with van der Waals surface area (Å²) < 4.78 is 0. The third kappa shape index (κ3) is 2.26. The topological polar surface area (TPSA) is 50.2 Å². The van der Waals surface area contributed by atoms with E-state index in [0.717, 1.165) is 11.1 Å². The standard InChI is InChI=1S/C11H13NO2S/c1-7-11(8-3-2-4-8)12-9(15-7)5-6-10(13)14/h5-6,8H,2-4H2,1H3,(H,13,14)/b6-5+. The van der Waals surface area contributed by atoms with Crippen LogP contribution >= 0.6 is 11.3 Å². The number of carboxylic acid groups (broad SMARTS) is 1. The van der Waals surface area contributed by atoms with E-state index >= 15 is 0 Å². The lowest BCUT2D eigenvalue weighted by molar-refractivity contribution is -0.131. The second-order valence-electron chi connectivity index (χ2n) is 3.79. The lowest BCUT2D eigenvalue weighted by Gasteiger charge is -2.23. The van der Waals surface area contributed by atoms with E-state index in [1.807, 2.05) is 0 Å². The molecule has 1 aromatic heterocycles. The van der Waals surface area contributed by atoms with Gasteiger partial charge in [0.05, 0.1) is 5.69 Å². The van der Waals surface area contributed by atoms with Crippen molar-refractivity contribution in [2.45, 2.75) is 32.1 Å². The molecule has 0 unspecified atom stereocenters. The van der Waals surface area contributed by atoms with Gasteiger partial charge in [0.25, 0.3) is 0 Å². The zero-order chi connectivity index (χ0) is 10.8. The summed E-state index contributed by atoms with van der Waals surface area (Å²) in [5, 5.41) is 9.31. The number of aliphatic carboxylic acids is 1. The van der Waals surface area contributed by atoms with Gasteiger partial charge in [-0.2, -0.15) is 0 Å². The van der Waals surface area contributed by atoms with Crippen LogP contribution in [0.5, 0.6) is 0 Å². The smallest absolute Gasteiger partial charge is 0.328 e. The molecule has 3 nitrogen and oxygen atoms in total. The molecule has 15 heavy (non-hydrogen) atoms. The molecule has 1 heterocycles. The van der Waals surface area contributed by atoms with Crippen LogP contribution < -0.4 is 0 Å². The van der Waals surface area contributed by atoms with E-state index in [-0.39, 0.29) is 0 Å². The molecule has 1 aromatic rings. The molecular formula is C11H13NO2S. The minimum absolute atomic E-state index is 0.619. The maximum absolute atomic E-state index is 10.4. The van der Waals surface area contributed by atoms with Gasteiger partial charge in [-0.1, -0.05) is 6.42 Å². The molecular weight excluding hydrogens is 210 g/mol. The molecule has 0 radical (unpaired) electrons. The summed E-state index contributed by atoms with van der Waals surface area (Å²) in [5.41, 5.74) is 1.18. The molecule has 0 spiro atoms. The Kier molecular flexibility index (Phi) is 2.86. The van der Waals surface area contributed by atoms with Crippen molar-refractivity contribution < 1.29 is 9.90 Å². The fourth-order valence-corrected chi connectivity index (χ4v) is 2.61. The number of hydrogen-bond donors (Lipinski definition) is 1. The first-order valence-electron chi connectivity index (χ1n) is 5.05. The van der Waals surface area contributed by atoms with Gasteiger partial charge in [0, 0.05) is 16.9 Å². The van der Waals surface area contributed by atoms with Crippen LogP contribution in [0.1, 0.15) is 40.8 Å². The quantitative estimate of drug-likeness (QED) is 0.801. The van der Waals surface area contributed by atoms with Gasteiger partial charge in [0.15, 0.2) is 0 Å². The molecule has 0 saturated heterocycles. The maximum Gasteiger partial charge on any atom is 0.328 e. The molecule has 1 fully saturated rings. The van der Waals surface area contributed by atoms with Crippen molar-refractivity contribution in [3.05, 3.63) is 21.7 Å². The normalized spacial score (nSPS) is 16.9. The molecule has 0 aliphatic heterocycles. The third-order valence-corrected chi connectivity index (χ3v) is 3.66. The predicted molar refractivity (Wildman–Crippen MR) is 60.1 cm³/mol. The zero-order valence-corrected chi connectivity index (χ0v) is 9.38. The maximum atomic E-state index is 10.4. The van der Waals surface area contributed by atoms with Crippen molar-refractivity contribution in [2.24, 2.45) is 0 Å². The Morgan fingerprint density at radius 2 is 2.33 bits per heavy atom. The minimum Gasteiger partial charge on any atom is -0.478 e. The zero-order valence-electron chi connectivity index (χ0n) is 8.56. The first-order valence-corrected chi connectivity index (χ1v) is 5.87. The molecule has 80 valence electrons. The van der Waals surface area contributed by atoms with E-state index in [1.165, 1.54) is 29.8 Å². The monoisotopic (exact) mass is 223 g/mol. The Morgan fingerprint density at radius 1 is 1.60 bits per heavy atom. The highest BCUT2D eigenvalue weighted by molar-refractivity contribution is 7.12. The second kappa shape index (κ2) is 4.14. The van der Waals surface area contributed by atoms with Gasteiger partial charge in [-0.05, 0) is 25.8 Å². The number of carbonyl (C=O) groups is 1. The van der Waals surface area contributed by atoms with Gasteiger partial charge in [0.1, 0.15) is 5.01 Å². The van der Waals surface area contributed by atoms with Crippen molar-refractivity contribution >= 4 is 23.4 Å². The highest BCUT2D eigenvalue weighted by Crippen LogP contribution is 2.38. The number of rotatable bonds is 3. The fraction of sp³-hybridized carbons (Fsp3) is 0.455. The van der Waals surface area contributed by atoms with Gasteiger partial charge in [-0.3, -0.25) is 0 Å². The van der Waals surface area contributed by atoms with Crippen LogP contribution in [0.15, 0.2) is 6.08 Å². The predicted octanol–water partition coefficient (Wildman–Crippen LogP) is 2.82. The van der Waals surface area contributed by atoms with Gasteiger partial charge in [-0.25, -0.2) is 9.78 Å². The summed E-state index contributed by atoms with van der Waals surface area (Å²) >= 11 is 1.57. The van der Waals surface area contributed by atoms with E-state index in [9.17, 15) is 4.79 Å². The SMILES string of the molecule is Cc1sc(/C=C/C(=O)O)nc1C1CCC1. The molecule has 1 aliphatic rings. The van der Waals surface area contributed by atoms with Crippen LogP contribution in [0, 0.1) is 6.92 Å². The van der Waals surface area contributed by atoms with Gasteiger partial charge >= 0.3 is 5.97 Å². The van der Waals surface area contributed by atoms with Crippen LogP contribution in [-0.4, -0.2) is 16.1 Å². The molecule has 2 rings (SSSR count). The molecule has 0 atom stereocenters. The Balaban J connectivity index is 2.16. The van der Waals surface area contributed by atoms with Gasteiger partial charge < -0.3 is 5.11 Å². The highest BCUT2D eigenvalue weighted by atomic mass is 32.1. The first-order chi connectivity index (χ1) is 7.16. The molecule has 1 aliphatic carbocycles. The summed E-state index contributed by atoms with van der Waals surface area (Å²) in [6.45, 7) is 2.06. The van der Waals surface area contributed by atoms with Crippen LogP contribution in [0.3, 0.4) is 0 Å². The summed E-state index contributed by atoms with van der Waals surface area (Å²) in [4.78, 5) is 16.1. The summed E-state index contributed by atoms with van der Waals surface area (Å²) in [6.07, 6.45) is 6.46. The third-order valence-electron chi connectivity index (χ3n) is 2.71. The second-order valence-corrected chi connectivity index (χ2v) is 5.03. The number of aryl methyl sites for hydroxylation is 1. The van der Waals surface area contributed by atoms with Crippen molar-refractivity contribution in [2.75, 3.05) is 0 Å². The molecule has 1 saturated carbocycles. The van der Waals surface area contributed by atoms with E-state index in [1.54, 1.807) is 17.4 Å². The Morgan fingerprint density at radius 3 is 2.87 bits per heavy atom. The van der Waals surface area contributed by atoms with Crippen LogP contribution in [-0.2, 0) is 4.79 Å². The van der Waals surface area contributed by atoms with Crippen LogP contribution in [0.2, 0.25) is 0 Å². The molecule has 0 bridgehead atoms. The number of aromatic nitrogens is 1. The molecule has 1 N–H and O–H groups in total. The number of nitrogens with zero attached hydrogens (tertiary/aromatic N) is 1. The first kappa shape index (κ1) is 10.4. The van der Waals surface area contributed by atoms with Crippen LogP contribution in [0.25, 0.3) is 6.08 Å². The average Bonchev–Trinajstić information content (AvgIpc) is 2.42. The minimum atomic E-state index is -0.923. The van der Waals surface area contributed by atoms with Crippen molar-refractivity contribution in [1.82, 2.24) is 4.98 Å². The van der Waals surface area contributed by atoms with Crippen molar-refractivity contribution in [3.63, 3.8) is 0 Å².